The third-order valence-electron chi connectivity index (χ3n) is 5.43. The number of para-hydroxylation sites is 1. The molecule has 0 aromatic heterocycles. The van der Waals surface area contributed by atoms with Gasteiger partial charge in [0.15, 0.2) is 11.5 Å². The van der Waals surface area contributed by atoms with Gasteiger partial charge in [0.2, 0.25) is 6.79 Å². The van der Waals surface area contributed by atoms with Crippen LogP contribution in [-0.4, -0.2) is 21.2 Å². The molecule has 2 aliphatic rings. The summed E-state index contributed by atoms with van der Waals surface area (Å²) in [5.41, 5.74) is 3.19. The van der Waals surface area contributed by atoms with Gasteiger partial charge < -0.3 is 9.47 Å². The van der Waals surface area contributed by atoms with Crippen LogP contribution < -0.4 is 18.7 Å². The Hall–Kier alpha value is -3.52. The van der Waals surface area contributed by atoms with Gasteiger partial charge in [-0.15, -0.1) is 0 Å². The first-order valence-electron chi connectivity index (χ1n) is 9.78. The van der Waals surface area contributed by atoms with Crippen LogP contribution in [0.3, 0.4) is 0 Å². The standard InChI is InChI=1S/C23H20N2O5S/c1-15-7-9-18(16(2)11-15)25-23(26)24(19-5-3-4-6-22(19)31(25,27)28)13-17-8-10-20-21(12-17)30-14-29-20/h3-12H,13-14H2,1-2H3. The van der Waals surface area contributed by atoms with E-state index in [1.165, 1.54) is 11.0 Å². The number of urea groups is 1. The maximum absolute atomic E-state index is 13.6. The van der Waals surface area contributed by atoms with E-state index >= 15 is 0 Å². The first-order valence-corrected chi connectivity index (χ1v) is 11.2. The van der Waals surface area contributed by atoms with Crippen LogP contribution in [0, 0.1) is 13.8 Å². The van der Waals surface area contributed by atoms with Crippen LogP contribution in [0.4, 0.5) is 16.2 Å². The van der Waals surface area contributed by atoms with E-state index in [-0.39, 0.29) is 18.2 Å². The van der Waals surface area contributed by atoms with E-state index in [9.17, 15) is 13.2 Å². The number of anilines is 2. The highest BCUT2D eigenvalue weighted by Gasteiger charge is 2.43. The highest BCUT2D eigenvalue weighted by atomic mass is 32.2. The van der Waals surface area contributed by atoms with Gasteiger partial charge in [0.1, 0.15) is 4.90 Å². The molecule has 2 amide bonds. The molecule has 0 unspecified atom stereocenters. The number of hydrogen-bond acceptors (Lipinski definition) is 5. The number of benzene rings is 3. The Morgan fingerprint density at radius 3 is 2.48 bits per heavy atom. The van der Waals surface area contributed by atoms with Crippen molar-refractivity contribution in [2.75, 3.05) is 16.0 Å². The van der Waals surface area contributed by atoms with Crippen molar-refractivity contribution in [3.8, 4) is 11.5 Å². The fourth-order valence-corrected chi connectivity index (χ4v) is 5.61. The maximum atomic E-state index is 13.6. The minimum Gasteiger partial charge on any atom is -0.454 e. The van der Waals surface area contributed by atoms with Gasteiger partial charge in [-0.1, -0.05) is 35.9 Å². The monoisotopic (exact) mass is 436 g/mol. The molecule has 5 rings (SSSR count). The number of aryl methyl sites for hydroxylation is 2. The topological polar surface area (TPSA) is 76.2 Å². The molecule has 0 saturated carbocycles. The van der Waals surface area contributed by atoms with Gasteiger partial charge in [-0.2, -0.15) is 4.31 Å². The molecule has 0 atom stereocenters. The molecule has 3 aromatic rings. The number of fused-ring (bicyclic) bond motifs is 2. The normalized spacial score (nSPS) is 16.4. The fourth-order valence-electron chi connectivity index (χ4n) is 3.95. The minimum atomic E-state index is -4.06. The largest absolute Gasteiger partial charge is 0.454 e. The van der Waals surface area contributed by atoms with Gasteiger partial charge in [-0.05, 0) is 55.3 Å². The van der Waals surface area contributed by atoms with Crippen molar-refractivity contribution in [3.05, 3.63) is 77.4 Å². The van der Waals surface area contributed by atoms with Crippen molar-refractivity contribution in [1.29, 1.82) is 0 Å². The molecule has 0 fully saturated rings. The Morgan fingerprint density at radius 1 is 0.903 bits per heavy atom. The Morgan fingerprint density at radius 2 is 1.68 bits per heavy atom. The van der Waals surface area contributed by atoms with Gasteiger partial charge in [0.05, 0.1) is 17.9 Å². The lowest BCUT2D eigenvalue weighted by Crippen LogP contribution is -2.51. The molecule has 8 heteroatoms. The lowest BCUT2D eigenvalue weighted by molar-refractivity contribution is 0.174. The summed E-state index contributed by atoms with van der Waals surface area (Å²) < 4.78 is 38.6. The van der Waals surface area contributed by atoms with E-state index < -0.39 is 16.1 Å². The average Bonchev–Trinajstić information content (AvgIpc) is 3.21. The molecule has 0 N–H and O–H groups in total. The number of hydrogen-bond donors (Lipinski definition) is 0. The Labute approximate surface area is 180 Å². The van der Waals surface area contributed by atoms with E-state index in [0.29, 0.717) is 28.4 Å². The lowest BCUT2D eigenvalue weighted by Gasteiger charge is -2.36. The van der Waals surface area contributed by atoms with E-state index in [2.05, 4.69) is 0 Å². The summed E-state index contributed by atoms with van der Waals surface area (Å²) in [5, 5.41) is 0. The fraction of sp³-hybridized carbons (Fsp3) is 0.174. The predicted octanol–water partition coefficient (Wildman–Crippen LogP) is 4.37. The second-order valence-corrected chi connectivity index (χ2v) is 9.34. The summed E-state index contributed by atoms with van der Waals surface area (Å²) in [4.78, 5) is 15.2. The summed E-state index contributed by atoms with van der Waals surface area (Å²) in [6, 6.07) is 16.7. The SMILES string of the molecule is Cc1ccc(N2C(=O)N(Cc3ccc4c(c3)OCO4)c3ccccc3S2(=O)=O)c(C)c1. The zero-order valence-electron chi connectivity index (χ0n) is 17.0. The highest BCUT2D eigenvalue weighted by molar-refractivity contribution is 7.94. The molecule has 2 aliphatic heterocycles. The molecule has 0 spiro atoms. The molecular weight excluding hydrogens is 416 g/mol. The van der Waals surface area contributed by atoms with Crippen LogP contribution in [0.2, 0.25) is 0 Å². The van der Waals surface area contributed by atoms with Crippen LogP contribution >= 0.6 is 0 Å². The number of carbonyl (C=O) groups is 1. The van der Waals surface area contributed by atoms with Gasteiger partial charge in [-0.3, -0.25) is 4.90 Å². The highest BCUT2D eigenvalue weighted by Crippen LogP contribution is 2.40. The first kappa shape index (κ1) is 19.4. The third-order valence-corrected chi connectivity index (χ3v) is 7.16. The minimum absolute atomic E-state index is 0.0929. The zero-order chi connectivity index (χ0) is 21.8. The smallest absolute Gasteiger partial charge is 0.343 e. The van der Waals surface area contributed by atoms with E-state index in [1.807, 2.05) is 25.1 Å². The van der Waals surface area contributed by atoms with Crippen LogP contribution in [0.1, 0.15) is 16.7 Å². The molecule has 2 heterocycles. The van der Waals surface area contributed by atoms with Crippen LogP contribution in [0.15, 0.2) is 65.6 Å². The lowest BCUT2D eigenvalue weighted by atomic mass is 10.1. The van der Waals surface area contributed by atoms with E-state index in [0.717, 1.165) is 15.4 Å². The summed E-state index contributed by atoms with van der Waals surface area (Å²) in [5.74, 6) is 1.25. The average molecular weight is 436 g/mol. The molecule has 0 aliphatic carbocycles. The van der Waals surface area contributed by atoms with Crippen molar-refractivity contribution in [2.24, 2.45) is 0 Å². The van der Waals surface area contributed by atoms with Gasteiger partial charge in [-0.25, -0.2) is 13.2 Å². The second kappa shape index (κ2) is 7.02. The Balaban J connectivity index is 1.63. The molecule has 7 nitrogen and oxygen atoms in total. The molecule has 0 bridgehead atoms. The maximum Gasteiger partial charge on any atom is 0.343 e. The number of sulfonamides is 1. The molecule has 158 valence electrons. The van der Waals surface area contributed by atoms with Crippen molar-refractivity contribution >= 4 is 27.4 Å². The number of rotatable bonds is 3. The molecule has 0 radical (unpaired) electrons. The van der Waals surface area contributed by atoms with Crippen molar-refractivity contribution < 1.29 is 22.7 Å². The van der Waals surface area contributed by atoms with E-state index in [4.69, 9.17) is 9.47 Å². The predicted molar refractivity (Wildman–Crippen MR) is 116 cm³/mol. The second-order valence-electron chi connectivity index (χ2n) is 7.58. The van der Waals surface area contributed by atoms with Crippen molar-refractivity contribution in [1.82, 2.24) is 0 Å². The summed E-state index contributed by atoms with van der Waals surface area (Å²) in [6.45, 7) is 4.06. The Kier molecular flexibility index (Phi) is 4.40. The molecule has 3 aromatic carbocycles. The van der Waals surface area contributed by atoms with Gasteiger partial charge in [0, 0.05) is 0 Å². The number of amides is 2. The quantitative estimate of drug-likeness (QED) is 0.610. The zero-order valence-corrected chi connectivity index (χ0v) is 17.8. The number of carbonyl (C=O) groups excluding carboxylic acids is 1. The number of ether oxygens (including phenoxy) is 2. The van der Waals surface area contributed by atoms with Crippen molar-refractivity contribution in [3.63, 3.8) is 0 Å². The summed E-state index contributed by atoms with van der Waals surface area (Å²) in [6.07, 6.45) is 0. The van der Waals surface area contributed by atoms with Crippen LogP contribution in [0.25, 0.3) is 0 Å². The van der Waals surface area contributed by atoms with Crippen molar-refractivity contribution in [2.45, 2.75) is 25.3 Å². The Bertz CT molecular complexity index is 1320. The molecule has 31 heavy (non-hydrogen) atoms. The molecule has 0 saturated heterocycles. The number of nitrogens with zero attached hydrogens (tertiary/aromatic N) is 2. The van der Waals surface area contributed by atoms with E-state index in [1.54, 1.807) is 43.3 Å². The van der Waals surface area contributed by atoms with Crippen LogP contribution in [-0.2, 0) is 16.6 Å². The molecular formula is C23H20N2O5S. The summed E-state index contributed by atoms with van der Waals surface area (Å²) >= 11 is 0. The van der Waals surface area contributed by atoms with Gasteiger partial charge >= 0.3 is 6.03 Å². The van der Waals surface area contributed by atoms with Gasteiger partial charge in [0.25, 0.3) is 10.0 Å². The summed E-state index contributed by atoms with van der Waals surface area (Å²) in [7, 11) is -4.06. The first-order chi connectivity index (χ1) is 14.9. The third kappa shape index (κ3) is 3.11. The van der Waals surface area contributed by atoms with Crippen LogP contribution in [0.5, 0.6) is 11.5 Å².